The summed E-state index contributed by atoms with van der Waals surface area (Å²) >= 11 is 0. The van der Waals surface area contributed by atoms with Gasteiger partial charge in [-0.2, -0.15) is 0 Å². The zero-order valence-corrected chi connectivity index (χ0v) is 11.2. The minimum absolute atomic E-state index is 0.0474. The van der Waals surface area contributed by atoms with Crippen molar-refractivity contribution >= 4 is 17.3 Å². The third-order valence-electron chi connectivity index (χ3n) is 2.96. The highest BCUT2D eigenvalue weighted by molar-refractivity contribution is 5.93. The van der Waals surface area contributed by atoms with Gasteiger partial charge in [0.1, 0.15) is 0 Å². The fourth-order valence-electron chi connectivity index (χ4n) is 1.99. The summed E-state index contributed by atoms with van der Waals surface area (Å²) in [5.74, 6) is -0.0474. The van der Waals surface area contributed by atoms with Gasteiger partial charge < -0.3 is 10.6 Å². The molecule has 1 amide bonds. The van der Waals surface area contributed by atoms with Gasteiger partial charge in [-0.25, -0.2) is 0 Å². The molecule has 3 heteroatoms. The summed E-state index contributed by atoms with van der Waals surface area (Å²) in [4.78, 5) is 11.8. The predicted molar refractivity (Wildman–Crippen MR) is 79.5 cm³/mol. The van der Waals surface area contributed by atoms with E-state index in [1.165, 1.54) is 0 Å². The summed E-state index contributed by atoms with van der Waals surface area (Å²) < 4.78 is 0. The maximum Gasteiger partial charge on any atom is 0.243 e. The Labute approximate surface area is 113 Å². The number of amides is 1. The van der Waals surface area contributed by atoms with Crippen LogP contribution in [0.2, 0.25) is 0 Å². The Kier molecular flexibility index (Phi) is 4.18. The van der Waals surface area contributed by atoms with E-state index in [0.717, 1.165) is 22.5 Å². The lowest BCUT2D eigenvalue weighted by Gasteiger charge is -2.12. The van der Waals surface area contributed by atoms with Gasteiger partial charge in [0.2, 0.25) is 5.91 Å². The second-order valence-corrected chi connectivity index (χ2v) is 4.53. The number of carbonyl (C=O) groups is 1. The molecule has 19 heavy (non-hydrogen) atoms. The molecule has 0 aliphatic heterocycles. The number of carbonyl (C=O) groups excluding carboxylic acids is 1. The minimum atomic E-state index is -0.0474. The number of para-hydroxylation sites is 2. The molecular formula is C16H18N2O. The molecule has 0 saturated carbocycles. The van der Waals surface area contributed by atoms with Crippen LogP contribution in [0.3, 0.4) is 0 Å². The summed E-state index contributed by atoms with van der Waals surface area (Å²) in [6, 6.07) is 15.5. The highest BCUT2D eigenvalue weighted by Gasteiger charge is 2.05. The number of nitrogens with one attached hydrogen (secondary N) is 2. The van der Waals surface area contributed by atoms with Crippen molar-refractivity contribution in [1.29, 1.82) is 0 Å². The van der Waals surface area contributed by atoms with Gasteiger partial charge >= 0.3 is 0 Å². The van der Waals surface area contributed by atoms with E-state index < -0.39 is 0 Å². The number of benzene rings is 2. The Bertz CT molecular complexity index is 544. The molecule has 0 spiro atoms. The van der Waals surface area contributed by atoms with E-state index in [-0.39, 0.29) is 12.5 Å². The van der Waals surface area contributed by atoms with Crippen molar-refractivity contribution in [2.75, 3.05) is 17.2 Å². The van der Waals surface area contributed by atoms with E-state index in [1.807, 2.05) is 62.4 Å². The summed E-state index contributed by atoms with van der Waals surface area (Å²) in [7, 11) is 0. The Morgan fingerprint density at radius 2 is 1.58 bits per heavy atom. The zero-order valence-electron chi connectivity index (χ0n) is 11.2. The summed E-state index contributed by atoms with van der Waals surface area (Å²) in [6.45, 7) is 4.33. The second-order valence-electron chi connectivity index (χ2n) is 4.53. The van der Waals surface area contributed by atoms with Gasteiger partial charge in [0.05, 0.1) is 6.54 Å². The fraction of sp³-hybridized carbons (Fsp3) is 0.188. The first-order valence-corrected chi connectivity index (χ1v) is 6.32. The van der Waals surface area contributed by atoms with Crippen molar-refractivity contribution in [1.82, 2.24) is 0 Å². The molecule has 2 aromatic rings. The largest absolute Gasteiger partial charge is 0.376 e. The molecule has 0 radical (unpaired) electrons. The molecule has 0 bridgehead atoms. The smallest absolute Gasteiger partial charge is 0.243 e. The van der Waals surface area contributed by atoms with Gasteiger partial charge in [0.25, 0.3) is 0 Å². The lowest BCUT2D eigenvalue weighted by Crippen LogP contribution is -2.22. The van der Waals surface area contributed by atoms with Crippen LogP contribution in [0.4, 0.5) is 11.4 Å². The summed E-state index contributed by atoms with van der Waals surface area (Å²) in [5, 5.41) is 6.04. The maximum atomic E-state index is 11.8. The van der Waals surface area contributed by atoms with Crippen molar-refractivity contribution in [3.8, 4) is 0 Å². The molecule has 0 atom stereocenters. The average molecular weight is 254 g/mol. The Hall–Kier alpha value is -2.29. The van der Waals surface area contributed by atoms with Crippen molar-refractivity contribution in [3.05, 3.63) is 59.7 Å². The Morgan fingerprint density at radius 1 is 0.947 bits per heavy atom. The lowest BCUT2D eigenvalue weighted by molar-refractivity contribution is -0.114. The van der Waals surface area contributed by atoms with Crippen LogP contribution in [0.1, 0.15) is 11.1 Å². The molecular weight excluding hydrogens is 236 g/mol. The topological polar surface area (TPSA) is 41.1 Å². The second kappa shape index (κ2) is 6.05. The Balaban J connectivity index is 1.94. The molecule has 0 aliphatic rings. The molecule has 0 fully saturated rings. The third-order valence-corrected chi connectivity index (χ3v) is 2.96. The van der Waals surface area contributed by atoms with Crippen molar-refractivity contribution in [2.24, 2.45) is 0 Å². The molecule has 0 aromatic heterocycles. The quantitative estimate of drug-likeness (QED) is 0.878. The van der Waals surface area contributed by atoms with Crippen LogP contribution < -0.4 is 10.6 Å². The molecule has 98 valence electrons. The first-order valence-electron chi connectivity index (χ1n) is 6.32. The molecule has 2 rings (SSSR count). The van der Waals surface area contributed by atoms with Gasteiger partial charge in [-0.3, -0.25) is 4.79 Å². The van der Waals surface area contributed by atoms with Crippen molar-refractivity contribution in [2.45, 2.75) is 13.8 Å². The number of anilines is 2. The molecule has 0 heterocycles. The monoisotopic (exact) mass is 254 g/mol. The highest BCUT2D eigenvalue weighted by Crippen LogP contribution is 2.18. The van der Waals surface area contributed by atoms with Crippen LogP contribution >= 0.6 is 0 Å². The normalized spacial score (nSPS) is 10.0. The average Bonchev–Trinajstić information content (AvgIpc) is 2.39. The summed E-state index contributed by atoms with van der Waals surface area (Å²) in [5.41, 5.74) is 4.14. The minimum Gasteiger partial charge on any atom is -0.376 e. The molecule has 3 nitrogen and oxygen atoms in total. The number of rotatable bonds is 4. The zero-order chi connectivity index (χ0) is 13.7. The third kappa shape index (κ3) is 3.58. The standard InChI is InChI=1S/C16H18N2O/c1-12-7-6-8-13(2)16(12)17-11-15(19)18-14-9-4-3-5-10-14/h3-10,17H,11H2,1-2H3,(H,18,19). The lowest BCUT2D eigenvalue weighted by atomic mass is 10.1. The van der Waals surface area contributed by atoms with Gasteiger partial charge in [-0.15, -0.1) is 0 Å². The van der Waals surface area contributed by atoms with Crippen LogP contribution in [0, 0.1) is 13.8 Å². The van der Waals surface area contributed by atoms with Crippen LogP contribution in [0.25, 0.3) is 0 Å². The van der Waals surface area contributed by atoms with E-state index in [0.29, 0.717) is 0 Å². The SMILES string of the molecule is Cc1cccc(C)c1NCC(=O)Nc1ccccc1. The predicted octanol–water partition coefficient (Wildman–Crippen LogP) is 3.35. The van der Waals surface area contributed by atoms with Crippen LogP contribution in [-0.4, -0.2) is 12.5 Å². The number of hydrogen-bond acceptors (Lipinski definition) is 2. The van der Waals surface area contributed by atoms with Gasteiger partial charge in [-0.05, 0) is 37.1 Å². The van der Waals surface area contributed by atoms with E-state index >= 15 is 0 Å². The van der Waals surface area contributed by atoms with Crippen molar-refractivity contribution < 1.29 is 4.79 Å². The van der Waals surface area contributed by atoms with E-state index in [2.05, 4.69) is 10.6 Å². The Morgan fingerprint density at radius 3 is 2.21 bits per heavy atom. The van der Waals surface area contributed by atoms with E-state index in [1.54, 1.807) is 0 Å². The molecule has 2 aromatic carbocycles. The molecule has 2 N–H and O–H groups in total. The van der Waals surface area contributed by atoms with E-state index in [9.17, 15) is 4.79 Å². The van der Waals surface area contributed by atoms with Gasteiger partial charge in [-0.1, -0.05) is 36.4 Å². The molecule has 0 saturated heterocycles. The number of hydrogen-bond donors (Lipinski definition) is 2. The van der Waals surface area contributed by atoms with Crippen molar-refractivity contribution in [3.63, 3.8) is 0 Å². The van der Waals surface area contributed by atoms with Crippen LogP contribution in [0.5, 0.6) is 0 Å². The van der Waals surface area contributed by atoms with Gasteiger partial charge in [0.15, 0.2) is 0 Å². The van der Waals surface area contributed by atoms with Gasteiger partial charge in [0, 0.05) is 11.4 Å². The maximum absolute atomic E-state index is 11.8. The van der Waals surface area contributed by atoms with Crippen LogP contribution in [0.15, 0.2) is 48.5 Å². The molecule has 0 unspecified atom stereocenters. The van der Waals surface area contributed by atoms with E-state index in [4.69, 9.17) is 0 Å². The highest BCUT2D eigenvalue weighted by atomic mass is 16.1. The first-order chi connectivity index (χ1) is 9.16. The molecule has 0 aliphatic carbocycles. The summed E-state index contributed by atoms with van der Waals surface area (Å²) in [6.07, 6.45) is 0. The first kappa shape index (κ1) is 13.1. The number of aryl methyl sites for hydroxylation is 2. The fourth-order valence-corrected chi connectivity index (χ4v) is 1.99. The van der Waals surface area contributed by atoms with Crippen LogP contribution in [-0.2, 0) is 4.79 Å².